The molecule has 0 bridgehead atoms. The lowest BCUT2D eigenvalue weighted by atomic mass is 10.1. The van der Waals surface area contributed by atoms with E-state index < -0.39 is 0 Å². The van der Waals surface area contributed by atoms with E-state index in [1.165, 1.54) is 11.3 Å². The van der Waals surface area contributed by atoms with Gasteiger partial charge in [0.05, 0.1) is 23.9 Å². The maximum absolute atomic E-state index is 12.7. The highest BCUT2D eigenvalue weighted by Crippen LogP contribution is 2.32. The van der Waals surface area contributed by atoms with Gasteiger partial charge in [-0.25, -0.2) is 4.98 Å². The summed E-state index contributed by atoms with van der Waals surface area (Å²) in [6.45, 7) is 2.43. The second-order valence-corrected chi connectivity index (χ2v) is 6.94. The van der Waals surface area contributed by atoms with Crippen molar-refractivity contribution in [2.24, 2.45) is 0 Å². The molecular formula is C21H18N2O3S. The second-order valence-electron chi connectivity index (χ2n) is 5.91. The second kappa shape index (κ2) is 7.25. The van der Waals surface area contributed by atoms with Crippen LogP contribution in [0.2, 0.25) is 0 Å². The van der Waals surface area contributed by atoms with Crippen LogP contribution in [-0.2, 0) is 0 Å². The van der Waals surface area contributed by atoms with E-state index >= 15 is 0 Å². The number of benzene rings is 3. The highest BCUT2D eigenvalue weighted by molar-refractivity contribution is 7.22. The minimum absolute atomic E-state index is 0.236. The van der Waals surface area contributed by atoms with Gasteiger partial charge in [0, 0.05) is 10.9 Å². The molecule has 1 aromatic heterocycles. The fourth-order valence-corrected chi connectivity index (χ4v) is 3.84. The zero-order valence-corrected chi connectivity index (χ0v) is 15.8. The van der Waals surface area contributed by atoms with Crippen LogP contribution in [0.4, 0.5) is 5.13 Å². The third-order valence-corrected chi connectivity index (χ3v) is 5.17. The SMILES string of the molecule is CCOc1ccc(C(=O)Nc2nc3c(ccc4ccccc43)s2)cc1OC. The van der Waals surface area contributed by atoms with Gasteiger partial charge in [0.25, 0.3) is 5.91 Å². The average Bonchev–Trinajstić information content (AvgIpc) is 3.11. The van der Waals surface area contributed by atoms with E-state index in [4.69, 9.17) is 9.47 Å². The molecule has 4 aromatic rings. The first-order valence-corrected chi connectivity index (χ1v) is 9.41. The largest absolute Gasteiger partial charge is 0.493 e. The number of rotatable bonds is 5. The summed E-state index contributed by atoms with van der Waals surface area (Å²) >= 11 is 1.46. The Kier molecular flexibility index (Phi) is 4.64. The minimum Gasteiger partial charge on any atom is -0.493 e. The van der Waals surface area contributed by atoms with Crippen LogP contribution >= 0.6 is 11.3 Å². The molecule has 0 saturated heterocycles. The summed E-state index contributed by atoms with van der Waals surface area (Å²) in [5.41, 5.74) is 1.39. The van der Waals surface area contributed by atoms with E-state index in [2.05, 4.69) is 22.4 Å². The highest BCUT2D eigenvalue weighted by atomic mass is 32.1. The topological polar surface area (TPSA) is 60.5 Å². The van der Waals surface area contributed by atoms with Crippen molar-refractivity contribution in [2.45, 2.75) is 6.92 Å². The van der Waals surface area contributed by atoms with Crippen LogP contribution in [0.1, 0.15) is 17.3 Å². The molecule has 0 aliphatic carbocycles. The molecular weight excluding hydrogens is 360 g/mol. The van der Waals surface area contributed by atoms with Gasteiger partial charge >= 0.3 is 0 Å². The molecule has 0 radical (unpaired) electrons. The van der Waals surface area contributed by atoms with Gasteiger partial charge in [0.1, 0.15) is 0 Å². The number of methoxy groups -OCH3 is 1. The van der Waals surface area contributed by atoms with Crippen molar-refractivity contribution in [2.75, 3.05) is 19.0 Å². The Morgan fingerprint density at radius 2 is 1.96 bits per heavy atom. The molecule has 1 N–H and O–H groups in total. The molecule has 0 unspecified atom stereocenters. The third-order valence-electron chi connectivity index (χ3n) is 4.23. The summed E-state index contributed by atoms with van der Waals surface area (Å²) in [4.78, 5) is 17.3. The molecule has 0 saturated carbocycles. The standard InChI is InChI=1S/C21H18N2O3S/c1-3-26-16-10-8-14(12-17(16)25-2)20(24)23-21-22-19-15-7-5-4-6-13(15)9-11-18(19)27-21/h4-12H,3H2,1-2H3,(H,22,23,24). The molecule has 136 valence electrons. The number of carbonyl (C=O) groups is 1. The van der Waals surface area contributed by atoms with Crippen LogP contribution < -0.4 is 14.8 Å². The summed E-state index contributed by atoms with van der Waals surface area (Å²) in [6, 6.07) is 17.3. The molecule has 5 nitrogen and oxygen atoms in total. The first kappa shape index (κ1) is 17.3. The Bertz CT molecular complexity index is 1140. The number of aromatic nitrogens is 1. The zero-order valence-electron chi connectivity index (χ0n) is 15.0. The van der Waals surface area contributed by atoms with E-state index in [0.29, 0.717) is 28.8 Å². The molecule has 3 aromatic carbocycles. The lowest BCUT2D eigenvalue weighted by Gasteiger charge is -2.10. The fraction of sp³-hybridized carbons (Fsp3) is 0.143. The van der Waals surface area contributed by atoms with Gasteiger partial charge in [0.2, 0.25) is 0 Å². The Hall–Kier alpha value is -3.12. The molecule has 0 fully saturated rings. The molecule has 0 spiro atoms. The van der Waals surface area contributed by atoms with Gasteiger partial charge in [-0.3, -0.25) is 10.1 Å². The van der Waals surface area contributed by atoms with Crippen molar-refractivity contribution in [1.29, 1.82) is 0 Å². The summed E-state index contributed by atoms with van der Waals surface area (Å²) in [6.07, 6.45) is 0. The zero-order chi connectivity index (χ0) is 18.8. The number of hydrogen-bond acceptors (Lipinski definition) is 5. The van der Waals surface area contributed by atoms with Gasteiger partial charge < -0.3 is 9.47 Å². The number of nitrogens with one attached hydrogen (secondary N) is 1. The number of nitrogens with zero attached hydrogens (tertiary/aromatic N) is 1. The highest BCUT2D eigenvalue weighted by Gasteiger charge is 2.14. The molecule has 6 heteroatoms. The van der Waals surface area contributed by atoms with Crippen molar-refractivity contribution in [3.05, 3.63) is 60.2 Å². The number of carbonyl (C=O) groups excluding carboxylic acids is 1. The maximum Gasteiger partial charge on any atom is 0.257 e. The molecule has 27 heavy (non-hydrogen) atoms. The van der Waals surface area contributed by atoms with Crippen LogP contribution in [0.15, 0.2) is 54.6 Å². The smallest absolute Gasteiger partial charge is 0.257 e. The number of hydrogen-bond donors (Lipinski definition) is 1. The van der Waals surface area contributed by atoms with Crippen LogP contribution in [0.3, 0.4) is 0 Å². The van der Waals surface area contributed by atoms with Gasteiger partial charge in [-0.1, -0.05) is 41.7 Å². The number of fused-ring (bicyclic) bond motifs is 3. The van der Waals surface area contributed by atoms with Crippen molar-refractivity contribution in [3.63, 3.8) is 0 Å². The molecule has 0 aliphatic rings. The monoisotopic (exact) mass is 378 g/mol. The fourth-order valence-electron chi connectivity index (χ4n) is 2.97. The van der Waals surface area contributed by atoms with Crippen LogP contribution in [-0.4, -0.2) is 24.6 Å². The molecule has 4 rings (SSSR count). The molecule has 1 amide bonds. The van der Waals surface area contributed by atoms with Gasteiger partial charge in [-0.15, -0.1) is 0 Å². The minimum atomic E-state index is -0.236. The van der Waals surface area contributed by atoms with Gasteiger partial charge in [0.15, 0.2) is 16.6 Å². The van der Waals surface area contributed by atoms with Crippen molar-refractivity contribution in [3.8, 4) is 11.5 Å². The van der Waals surface area contributed by atoms with Crippen molar-refractivity contribution < 1.29 is 14.3 Å². The number of ether oxygens (including phenoxy) is 2. The summed E-state index contributed by atoms with van der Waals surface area (Å²) < 4.78 is 11.8. The van der Waals surface area contributed by atoms with E-state index in [1.807, 2.05) is 31.2 Å². The summed E-state index contributed by atoms with van der Waals surface area (Å²) in [5, 5.41) is 5.66. The van der Waals surface area contributed by atoms with Gasteiger partial charge in [-0.05, 0) is 36.6 Å². The first-order valence-electron chi connectivity index (χ1n) is 8.60. The van der Waals surface area contributed by atoms with E-state index in [-0.39, 0.29) is 5.91 Å². The summed E-state index contributed by atoms with van der Waals surface area (Å²) in [5.74, 6) is 0.905. The number of anilines is 1. The molecule has 0 aliphatic heterocycles. The van der Waals surface area contributed by atoms with Crippen LogP contribution in [0.25, 0.3) is 21.0 Å². The average molecular weight is 378 g/mol. The van der Waals surface area contributed by atoms with E-state index in [0.717, 1.165) is 21.0 Å². The van der Waals surface area contributed by atoms with E-state index in [9.17, 15) is 4.79 Å². The maximum atomic E-state index is 12.7. The predicted octanol–water partition coefficient (Wildman–Crippen LogP) is 5.11. The predicted molar refractivity (Wildman–Crippen MR) is 109 cm³/mol. The lowest BCUT2D eigenvalue weighted by Crippen LogP contribution is -2.12. The Morgan fingerprint density at radius 1 is 1.11 bits per heavy atom. The number of thiazole rings is 1. The Morgan fingerprint density at radius 3 is 2.78 bits per heavy atom. The third kappa shape index (κ3) is 3.31. The van der Waals surface area contributed by atoms with Crippen LogP contribution in [0, 0.1) is 0 Å². The number of amides is 1. The lowest BCUT2D eigenvalue weighted by molar-refractivity contribution is 0.102. The van der Waals surface area contributed by atoms with Crippen molar-refractivity contribution >= 4 is 43.4 Å². The van der Waals surface area contributed by atoms with Crippen LogP contribution in [0.5, 0.6) is 11.5 Å². The molecule has 1 heterocycles. The van der Waals surface area contributed by atoms with E-state index in [1.54, 1.807) is 25.3 Å². The van der Waals surface area contributed by atoms with Crippen molar-refractivity contribution in [1.82, 2.24) is 4.98 Å². The summed E-state index contributed by atoms with van der Waals surface area (Å²) in [7, 11) is 1.55. The first-order chi connectivity index (χ1) is 13.2. The van der Waals surface area contributed by atoms with Gasteiger partial charge in [-0.2, -0.15) is 0 Å². The Balaban J connectivity index is 1.64. The molecule has 0 atom stereocenters. The Labute approximate surface area is 160 Å². The normalized spacial score (nSPS) is 10.9. The quantitative estimate of drug-likeness (QED) is 0.524.